The summed E-state index contributed by atoms with van der Waals surface area (Å²) < 4.78 is 0. The lowest BCUT2D eigenvalue weighted by Crippen LogP contribution is -2.43. The van der Waals surface area contributed by atoms with Crippen molar-refractivity contribution in [2.24, 2.45) is 17.8 Å². The van der Waals surface area contributed by atoms with Gasteiger partial charge in [-0.3, -0.25) is 4.79 Å². The molecule has 2 rings (SSSR count). The van der Waals surface area contributed by atoms with E-state index in [-0.39, 0.29) is 5.92 Å². The molecule has 0 spiro atoms. The average molecular weight is 252 g/mol. The molecule has 0 saturated carbocycles. The Labute approximate surface area is 111 Å². The minimum Gasteiger partial charge on any atom is -0.342 e. The van der Waals surface area contributed by atoms with Gasteiger partial charge >= 0.3 is 0 Å². The van der Waals surface area contributed by atoms with Crippen molar-refractivity contribution in [3.63, 3.8) is 0 Å². The molecule has 2 atom stereocenters. The fourth-order valence-electron chi connectivity index (χ4n) is 3.33. The molecule has 0 aromatic heterocycles. The van der Waals surface area contributed by atoms with Crippen LogP contribution >= 0.6 is 0 Å². The molecule has 2 heterocycles. The number of hydrogen-bond donors (Lipinski definition) is 1. The van der Waals surface area contributed by atoms with Crippen molar-refractivity contribution >= 4 is 5.91 Å². The maximum absolute atomic E-state index is 12.5. The first-order valence-electron chi connectivity index (χ1n) is 7.68. The predicted molar refractivity (Wildman–Crippen MR) is 74.4 cm³/mol. The first-order chi connectivity index (χ1) is 8.68. The van der Waals surface area contributed by atoms with Crippen molar-refractivity contribution < 1.29 is 4.79 Å². The van der Waals surface area contributed by atoms with Crippen molar-refractivity contribution in [2.75, 3.05) is 26.2 Å². The van der Waals surface area contributed by atoms with Crippen LogP contribution < -0.4 is 5.32 Å². The molecule has 1 unspecified atom stereocenters. The minimum absolute atomic E-state index is 0.245. The summed E-state index contributed by atoms with van der Waals surface area (Å²) in [4.78, 5) is 14.6. The molecule has 2 saturated heterocycles. The largest absolute Gasteiger partial charge is 0.342 e. The summed E-state index contributed by atoms with van der Waals surface area (Å²) >= 11 is 0. The Hall–Kier alpha value is -0.570. The van der Waals surface area contributed by atoms with Crippen LogP contribution in [0.4, 0.5) is 0 Å². The number of nitrogens with one attached hydrogen (secondary N) is 1. The van der Waals surface area contributed by atoms with E-state index >= 15 is 0 Å². The van der Waals surface area contributed by atoms with Gasteiger partial charge in [-0.1, -0.05) is 13.8 Å². The molecular formula is C15H28N2O. The van der Waals surface area contributed by atoms with Crippen LogP contribution in [0.5, 0.6) is 0 Å². The third-order valence-corrected chi connectivity index (χ3v) is 4.67. The number of nitrogens with zero attached hydrogens (tertiary/aromatic N) is 1. The Balaban J connectivity index is 1.86. The van der Waals surface area contributed by atoms with Gasteiger partial charge in [0.2, 0.25) is 5.91 Å². The fourth-order valence-corrected chi connectivity index (χ4v) is 3.33. The number of carbonyl (C=O) groups is 1. The highest BCUT2D eigenvalue weighted by Crippen LogP contribution is 2.25. The molecule has 3 heteroatoms. The summed E-state index contributed by atoms with van der Waals surface area (Å²) in [6.45, 7) is 8.57. The van der Waals surface area contributed by atoms with Crippen LogP contribution in [0.15, 0.2) is 0 Å². The zero-order chi connectivity index (χ0) is 13.0. The average Bonchev–Trinajstić information content (AvgIpc) is 2.64. The Morgan fingerprint density at radius 1 is 1.17 bits per heavy atom. The molecule has 2 fully saturated rings. The van der Waals surface area contributed by atoms with Crippen LogP contribution in [0.1, 0.15) is 46.0 Å². The van der Waals surface area contributed by atoms with Crippen LogP contribution in [-0.2, 0) is 4.79 Å². The van der Waals surface area contributed by atoms with Gasteiger partial charge in [-0.15, -0.1) is 0 Å². The first kappa shape index (κ1) is 13.9. The van der Waals surface area contributed by atoms with E-state index < -0.39 is 0 Å². The Kier molecular flexibility index (Phi) is 5.04. The van der Waals surface area contributed by atoms with Gasteiger partial charge < -0.3 is 10.2 Å². The van der Waals surface area contributed by atoms with Crippen molar-refractivity contribution in [1.29, 1.82) is 0 Å². The van der Waals surface area contributed by atoms with Gasteiger partial charge in [0.1, 0.15) is 0 Å². The quantitative estimate of drug-likeness (QED) is 0.817. The van der Waals surface area contributed by atoms with Gasteiger partial charge in [0.05, 0.1) is 5.92 Å². The van der Waals surface area contributed by atoms with Crippen molar-refractivity contribution in [3.05, 3.63) is 0 Å². The monoisotopic (exact) mass is 252 g/mol. The molecule has 2 aliphatic heterocycles. The molecular weight excluding hydrogens is 224 g/mol. The number of piperidine rings is 1. The molecule has 104 valence electrons. The summed E-state index contributed by atoms with van der Waals surface area (Å²) in [5.41, 5.74) is 0. The Morgan fingerprint density at radius 2 is 2.00 bits per heavy atom. The third kappa shape index (κ3) is 3.47. The second-order valence-corrected chi connectivity index (χ2v) is 6.30. The maximum Gasteiger partial charge on any atom is 0.226 e. The number of amides is 1. The highest BCUT2D eigenvalue weighted by Gasteiger charge is 2.28. The van der Waals surface area contributed by atoms with Gasteiger partial charge in [0, 0.05) is 19.6 Å². The van der Waals surface area contributed by atoms with Gasteiger partial charge in [-0.05, 0) is 50.5 Å². The molecule has 0 bridgehead atoms. The second kappa shape index (κ2) is 6.55. The van der Waals surface area contributed by atoms with Crippen LogP contribution in [0.3, 0.4) is 0 Å². The van der Waals surface area contributed by atoms with Gasteiger partial charge in [0.25, 0.3) is 0 Å². The number of likely N-dealkylation sites (tertiary alicyclic amines) is 1. The predicted octanol–water partition coefficient (Wildman–Crippen LogP) is 2.27. The van der Waals surface area contributed by atoms with E-state index in [1.54, 1.807) is 0 Å². The molecule has 2 aliphatic rings. The third-order valence-electron chi connectivity index (χ3n) is 4.67. The standard InChI is InChI=1S/C15H28N2O/c1-12(2)13-6-4-9-17(10-7-13)15(18)14-5-3-8-16-11-14/h12-14,16H,3-11H2,1-2H3/t13?,14-/m1/s1. The lowest BCUT2D eigenvalue weighted by molar-refractivity contribution is -0.136. The second-order valence-electron chi connectivity index (χ2n) is 6.30. The maximum atomic E-state index is 12.5. The summed E-state index contributed by atoms with van der Waals surface area (Å²) in [6.07, 6.45) is 5.91. The molecule has 0 radical (unpaired) electrons. The van der Waals surface area contributed by atoms with E-state index in [4.69, 9.17) is 0 Å². The minimum atomic E-state index is 0.245. The summed E-state index contributed by atoms with van der Waals surface area (Å²) in [5.74, 6) is 2.23. The summed E-state index contributed by atoms with van der Waals surface area (Å²) in [7, 11) is 0. The van der Waals surface area contributed by atoms with Crippen LogP contribution in [-0.4, -0.2) is 37.0 Å². The van der Waals surface area contributed by atoms with Crippen molar-refractivity contribution in [3.8, 4) is 0 Å². The Bertz CT molecular complexity index is 272. The SMILES string of the molecule is CC(C)C1CCCN(C(=O)[C@@H]2CCCNC2)CC1. The first-order valence-corrected chi connectivity index (χ1v) is 7.68. The molecule has 0 aliphatic carbocycles. The molecule has 1 N–H and O–H groups in total. The van der Waals surface area contributed by atoms with Gasteiger partial charge in [-0.25, -0.2) is 0 Å². The van der Waals surface area contributed by atoms with Gasteiger partial charge in [0.15, 0.2) is 0 Å². The highest BCUT2D eigenvalue weighted by molar-refractivity contribution is 5.79. The smallest absolute Gasteiger partial charge is 0.226 e. The topological polar surface area (TPSA) is 32.3 Å². The van der Waals surface area contributed by atoms with E-state index in [9.17, 15) is 4.79 Å². The Morgan fingerprint density at radius 3 is 2.67 bits per heavy atom. The molecule has 0 aromatic carbocycles. The normalized spacial score (nSPS) is 30.3. The van der Waals surface area contributed by atoms with E-state index in [0.29, 0.717) is 5.91 Å². The van der Waals surface area contributed by atoms with E-state index in [2.05, 4.69) is 24.1 Å². The van der Waals surface area contributed by atoms with E-state index in [0.717, 1.165) is 50.9 Å². The highest BCUT2D eigenvalue weighted by atomic mass is 16.2. The van der Waals surface area contributed by atoms with Crippen molar-refractivity contribution in [1.82, 2.24) is 10.2 Å². The van der Waals surface area contributed by atoms with Crippen LogP contribution in [0.25, 0.3) is 0 Å². The van der Waals surface area contributed by atoms with Crippen LogP contribution in [0.2, 0.25) is 0 Å². The number of rotatable bonds is 2. The van der Waals surface area contributed by atoms with E-state index in [1.165, 1.54) is 19.3 Å². The number of carbonyl (C=O) groups excluding carboxylic acids is 1. The molecule has 0 aromatic rings. The number of hydrogen-bond acceptors (Lipinski definition) is 2. The zero-order valence-corrected chi connectivity index (χ0v) is 12.0. The van der Waals surface area contributed by atoms with Crippen molar-refractivity contribution in [2.45, 2.75) is 46.0 Å². The summed E-state index contributed by atoms with van der Waals surface area (Å²) in [6, 6.07) is 0. The lowest BCUT2D eigenvalue weighted by atomic mass is 9.89. The lowest BCUT2D eigenvalue weighted by Gasteiger charge is -2.29. The molecule has 1 amide bonds. The van der Waals surface area contributed by atoms with E-state index in [1.807, 2.05) is 0 Å². The summed E-state index contributed by atoms with van der Waals surface area (Å²) in [5, 5.41) is 3.35. The fraction of sp³-hybridized carbons (Fsp3) is 0.933. The van der Waals surface area contributed by atoms with Crippen LogP contribution in [0, 0.1) is 17.8 Å². The zero-order valence-electron chi connectivity index (χ0n) is 12.0. The molecule has 18 heavy (non-hydrogen) atoms. The van der Waals surface area contributed by atoms with Gasteiger partial charge in [-0.2, -0.15) is 0 Å². The molecule has 3 nitrogen and oxygen atoms in total.